The number of aromatic nitrogens is 1. The molecule has 150 valence electrons. The molecular formula is C22H21IN2O3S. The van der Waals surface area contributed by atoms with E-state index < -0.39 is 10.0 Å². The molecule has 2 aromatic carbocycles. The summed E-state index contributed by atoms with van der Waals surface area (Å²) in [5.41, 5.74) is 2.59. The standard InChI is InChI=1S/C22H21IN2O3S/c1-15(2)17-8-10-19(11-9-17)29(27,28)25-22-20(12-16(13-23)14-24-22)21(26)18-6-4-3-5-7-18/h3-12,14-15H,13H2,1-2H3,(H,24,25). The summed E-state index contributed by atoms with van der Waals surface area (Å²) in [7, 11) is -3.88. The van der Waals surface area contributed by atoms with E-state index in [9.17, 15) is 13.2 Å². The van der Waals surface area contributed by atoms with Crippen LogP contribution in [0.3, 0.4) is 0 Å². The number of pyridine rings is 1. The van der Waals surface area contributed by atoms with Gasteiger partial charge in [0.2, 0.25) is 0 Å². The Hall–Kier alpha value is -2.26. The molecule has 7 heteroatoms. The number of sulfonamides is 1. The van der Waals surface area contributed by atoms with Crippen molar-refractivity contribution in [3.63, 3.8) is 0 Å². The van der Waals surface area contributed by atoms with Crippen LogP contribution < -0.4 is 4.72 Å². The van der Waals surface area contributed by atoms with Gasteiger partial charge in [-0.3, -0.25) is 9.52 Å². The smallest absolute Gasteiger partial charge is 0.263 e. The number of carbonyl (C=O) groups is 1. The van der Waals surface area contributed by atoms with Gasteiger partial charge in [-0.15, -0.1) is 0 Å². The molecule has 0 radical (unpaired) electrons. The van der Waals surface area contributed by atoms with Crippen molar-refractivity contribution in [3.05, 3.63) is 89.1 Å². The maximum Gasteiger partial charge on any atom is 0.263 e. The summed E-state index contributed by atoms with van der Waals surface area (Å²) < 4.78 is 28.9. The van der Waals surface area contributed by atoms with Crippen LogP contribution in [-0.2, 0) is 14.5 Å². The number of ketones is 1. The lowest BCUT2D eigenvalue weighted by Crippen LogP contribution is -2.17. The molecule has 0 bridgehead atoms. The molecule has 3 aromatic rings. The number of anilines is 1. The fourth-order valence-corrected chi connectivity index (χ4v) is 4.25. The van der Waals surface area contributed by atoms with E-state index in [2.05, 4.69) is 32.3 Å². The zero-order valence-electron chi connectivity index (χ0n) is 16.1. The van der Waals surface area contributed by atoms with Crippen molar-refractivity contribution in [2.45, 2.75) is 29.1 Å². The highest BCUT2D eigenvalue weighted by molar-refractivity contribution is 14.1. The minimum Gasteiger partial charge on any atom is -0.288 e. The molecule has 0 aliphatic carbocycles. The van der Waals surface area contributed by atoms with Gasteiger partial charge in [0.1, 0.15) is 0 Å². The predicted molar refractivity (Wildman–Crippen MR) is 123 cm³/mol. The van der Waals surface area contributed by atoms with Crippen molar-refractivity contribution in [1.82, 2.24) is 4.98 Å². The largest absolute Gasteiger partial charge is 0.288 e. The number of carbonyl (C=O) groups excluding carboxylic acids is 1. The highest BCUT2D eigenvalue weighted by atomic mass is 127. The minimum absolute atomic E-state index is 0.0281. The number of halogens is 1. The molecular weight excluding hydrogens is 499 g/mol. The highest BCUT2D eigenvalue weighted by Gasteiger charge is 2.21. The number of nitrogens with one attached hydrogen (secondary N) is 1. The Morgan fingerprint density at radius 3 is 2.31 bits per heavy atom. The molecule has 0 unspecified atom stereocenters. The molecule has 0 saturated carbocycles. The minimum atomic E-state index is -3.88. The molecule has 0 aliphatic rings. The van der Waals surface area contributed by atoms with E-state index in [1.165, 1.54) is 0 Å². The fraction of sp³-hybridized carbons (Fsp3) is 0.182. The van der Waals surface area contributed by atoms with Crippen LogP contribution in [0.25, 0.3) is 0 Å². The number of nitrogens with zero attached hydrogens (tertiary/aromatic N) is 1. The number of rotatable bonds is 7. The van der Waals surface area contributed by atoms with Crippen molar-refractivity contribution < 1.29 is 13.2 Å². The van der Waals surface area contributed by atoms with E-state index in [1.54, 1.807) is 60.8 Å². The maximum atomic E-state index is 13.0. The van der Waals surface area contributed by atoms with Gasteiger partial charge in [0.25, 0.3) is 10.0 Å². The number of hydrogen-bond donors (Lipinski definition) is 1. The Bertz CT molecular complexity index is 1110. The summed E-state index contributed by atoms with van der Waals surface area (Å²) >= 11 is 2.18. The maximum absolute atomic E-state index is 13.0. The molecule has 0 spiro atoms. The molecule has 5 nitrogen and oxygen atoms in total. The van der Waals surface area contributed by atoms with E-state index in [-0.39, 0.29) is 22.1 Å². The van der Waals surface area contributed by atoms with Crippen molar-refractivity contribution in [2.24, 2.45) is 0 Å². The van der Waals surface area contributed by atoms with E-state index >= 15 is 0 Å². The quantitative estimate of drug-likeness (QED) is 0.265. The van der Waals surface area contributed by atoms with E-state index in [4.69, 9.17) is 0 Å². The van der Waals surface area contributed by atoms with Crippen LogP contribution >= 0.6 is 22.6 Å². The average Bonchev–Trinajstić information content (AvgIpc) is 2.74. The van der Waals surface area contributed by atoms with Gasteiger partial charge >= 0.3 is 0 Å². The van der Waals surface area contributed by atoms with Crippen LogP contribution in [0.15, 0.2) is 71.8 Å². The summed E-state index contributed by atoms with van der Waals surface area (Å²) in [6, 6.07) is 17.2. The third-order valence-electron chi connectivity index (χ3n) is 4.47. The molecule has 0 saturated heterocycles. The van der Waals surface area contributed by atoms with Crippen molar-refractivity contribution in [2.75, 3.05) is 4.72 Å². The zero-order valence-corrected chi connectivity index (χ0v) is 19.1. The second-order valence-electron chi connectivity index (χ2n) is 6.90. The van der Waals surface area contributed by atoms with E-state index in [1.807, 2.05) is 19.9 Å². The topological polar surface area (TPSA) is 76.1 Å². The van der Waals surface area contributed by atoms with Crippen LogP contribution in [-0.4, -0.2) is 19.2 Å². The fourth-order valence-electron chi connectivity index (χ4n) is 2.80. The lowest BCUT2D eigenvalue weighted by atomic mass is 10.0. The van der Waals surface area contributed by atoms with Gasteiger partial charge in [0, 0.05) is 16.2 Å². The van der Waals surface area contributed by atoms with Crippen LogP contribution in [0.2, 0.25) is 0 Å². The van der Waals surface area contributed by atoms with E-state index in [0.717, 1.165) is 11.1 Å². The Balaban J connectivity index is 1.99. The molecule has 1 N–H and O–H groups in total. The molecule has 3 rings (SSSR count). The Kier molecular flexibility index (Phi) is 6.69. The van der Waals surface area contributed by atoms with Crippen LogP contribution in [0.1, 0.15) is 46.8 Å². The van der Waals surface area contributed by atoms with Crippen molar-refractivity contribution in [3.8, 4) is 0 Å². The van der Waals surface area contributed by atoms with Crippen molar-refractivity contribution >= 4 is 44.2 Å². The van der Waals surface area contributed by atoms with Gasteiger partial charge < -0.3 is 0 Å². The summed E-state index contributed by atoms with van der Waals surface area (Å²) in [6.07, 6.45) is 1.58. The summed E-state index contributed by atoms with van der Waals surface area (Å²) in [5.74, 6) is 0.0512. The molecule has 0 amide bonds. The first-order valence-electron chi connectivity index (χ1n) is 9.09. The van der Waals surface area contributed by atoms with Gasteiger partial charge in [-0.2, -0.15) is 0 Å². The van der Waals surface area contributed by atoms with Gasteiger partial charge in [-0.1, -0.05) is 78.9 Å². The average molecular weight is 520 g/mol. The molecule has 0 fully saturated rings. The number of benzene rings is 2. The second kappa shape index (κ2) is 9.04. The Morgan fingerprint density at radius 1 is 1.07 bits per heavy atom. The number of alkyl halides is 1. The first-order chi connectivity index (χ1) is 13.8. The van der Waals surface area contributed by atoms with Gasteiger partial charge in [-0.05, 0) is 35.2 Å². The summed E-state index contributed by atoms with van der Waals surface area (Å²) in [4.78, 5) is 17.4. The second-order valence-corrected chi connectivity index (χ2v) is 9.34. The molecule has 29 heavy (non-hydrogen) atoms. The van der Waals surface area contributed by atoms with Gasteiger partial charge in [0.15, 0.2) is 11.6 Å². The SMILES string of the molecule is CC(C)c1ccc(S(=O)(=O)Nc2ncc(CI)cc2C(=O)c2ccccc2)cc1. The Labute approximate surface area is 184 Å². The summed E-state index contributed by atoms with van der Waals surface area (Å²) in [6.45, 7) is 4.09. The summed E-state index contributed by atoms with van der Waals surface area (Å²) in [5, 5.41) is 0. The zero-order chi connectivity index (χ0) is 21.0. The van der Waals surface area contributed by atoms with Crippen LogP contribution in [0.4, 0.5) is 5.82 Å². The first kappa shape index (κ1) is 21.4. The van der Waals surface area contributed by atoms with Gasteiger partial charge in [0.05, 0.1) is 10.5 Å². The third kappa shape index (κ3) is 5.02. The van der Waals surface area contributed by atoms with Gasteiger partial charge in [-0.25, -0.2) is 13.4 Å². The predicted octanol–water partition coefficient (Wildman–Crippen LogP) is 5.17. The first-order valence-corrected chi connectivity index (χ1v) is 12.1. The third-order valence-corrected chi connectivity index (χ3v) is 6.70. The van der Waals surface area contributed by atoms with Crippen LogP contribution in [0.5, 0.6) is 0 Å². The van der Waals surface area contributed by atoms with Crippen molar-refractivity contribution in [1.29, 1.82) is 0 Å². The Morgan fingerprint density at radius 2 is 1.72 bits per heavy atom. The van der Waals surface area contributed by atoms with E-state index in [0.29, 0.717) is 15.9 Å². The normalized spacial score (nSPS) is 11.4. The molecule has 1 aromatic heterocycles. The number of hydrogen-bond acceptors (Lipinski definition) is 4. The molecule has 1 heterocycles. The lowest BCUT2D eigenvalue weighted by molar-refractivity contribution is 0.103. The highest BCUT2D eigenvalue weighted by Crippen LogP contribution is 2.24. The monoisotopic (exact) mass is 520 g/mol. The molecule has 0 aliphatic heterocycles. The molecule has 0 atom stereocenters. The van der Waals surface area contributed by atoms with Crippen LogP contribution in [0, 0.1) is 0 Å². The lowest BCUT2D eigenvalue weighted by Gasteiger charge is -2.13.